The number of carbonyl (C=O) groups is 1. The SMILES string of the molecule is CCc1ccc(O)c(C(N)CCC(=O)O)c1. The van der Waals surface area contributed by atoms with Crippen molar-refractivity contribution in [2.24, 2.45) is 5.73 Å². The number of phenolic OH excluding ortho intramolecular Hbond substituents is 1. The number of phenols is 1. The third-order valence-corrected chi connectivity index (χ3v) is 2.57. The average Bonchev–Trinajstić information content (AvgIpc) is 2.26. The van der Waals surface area contributed by atoms with Crippen LogP contribution in [0.15, 0.2) is 18.2 Å². The Labute approximate surface area is 94.7 Å². The largest absolute Gasteiger partial charge is 0.508 e. The summed E-state index contributed by atoms with van der Waals surface area (Å²) in [5.74, 6) is -0.739. The lowest BCUT2D eigenvalue weighted by Gasteiger charge is -2.13. The molecule has 0 radical (unpaired) electrons. The minimum Gasteiger partial charge on any atom is -0.508 e. The van der Waals surface area contributed by atoms with Crippen LogP contribution in [0.3, 0.4) is 0 Å². The molecule has 0 amide bonds. The van der Waals surface area contributed by atoms with Gasteiger partial charge in [0.05, 0.1) is 0 Å². The van der Waals surface area contributed by atoms with Crippen molar-refractivity contribution in [2.45, 2.75) is 32.2 Å². The molecule has 0 aliphatic carbocycles. The average molecular weight is 223 g/mol. The van der Waals surface area contributed by atoms with Gasteiger partial charge in [-0.2, -0.15) is 0 Å². The van der Waals surface area contributed by atoms with Crippen LogP contribution in [0.2, 0.25) is 0 Å². The first-order valence-electron chi connectivity index (χ1n) is 5.33. The molecular weight excluding hydrogens is 206 g/mol. The molecule has 0 aliphatic heterocycles. The second kappa shape index (κ2) is 5.51. The molecule has 1 unspecified atom stereocenters. The summed E-state index contributed by atoms with van der Waals surface area (Å²) in [6, 6.07) is 4.85. The van der Waals surface area contributed by atoms with Gasteiger partial charge in [-0.15, -0.1) is 0 Å². The Morgan fingerprint density at radius 2 is 2.19 bits per heavy atom. The van der Waals surface area contributed by atoms with Gasteiger partial charge in [0.1, 0.15) is 5.75 Å². The predicted molar refractivity (Wildman–Crippen MR) is 61.3 cm³/mol. The number of aliphatic carboxylic acids is 1. The first kappa shape index (κ1) is 12.5. The third kappa shape index (κ3) is 3.24. The van der Waals surface area contributed by atoms with Crippen molar-refractivity contribution < 1.29 is 15.0 Å². The maximum atomic E-state index is 10.4. The Morgan fingerprint density at radius 3 is 2.75 bits per heavy atom. The van der Waals surface area contributed by atoms with E-state index < -0.39 is 12.0 Å². The Kier molecular flexibility index (Phi) is 4.31. The van der Waals surface area contributed by atoms with E-state index in [0.717, 1.165) is 12.0 Å². The highest BCUT2D eigenvalue weighted by molar-refractivity contribution is 5.66. The van der Waals surface area contributed by atoms with Gasteiger partial charge in [-0.3, -0.25) is 4.79 Å². The van der Waals surface area contributed by atoms with Gasteiger partial charge in [0.2, 0.25) is 0 Å². The van der Waals surface area contributed by atoms with Crippen molar-refractivity contribution in [3.63, 3.8) is 0 Å². The summed E-state index contributed by atoms with van der Waals surface area (Å²) in [5, 5.41) is 18.2. The normalized spacial score (nSPS) is 12.4. The zero-order valence-electron chi connectivity index (χ0n) is 9.31. The van der Waals surface area contributed by atoms with E-state index >= 15 is 0 Å². The molecule has 1 atom stereocenters. The van der Waals surface area contributed by atoms with Crippen LogP contribution in [0, 0.1) is 0 Å². The van der Waals surface area contributed by atoms with Gasteiger partial charge >= 0.3 is 5.97 Å². The molecule has 4 N–H and O–H groups in total. The second-order valence-corrected chi connectivity index (χ2v) is 3.79. The van der Waals surface area contributed by atoms with E-state index in [-0.39, 0.29) is 12.2 Å². The predicted octanol–water partition coefficient (Wildman–Crippen LogP) is 1.82. The lowest BCUT2D eigenvalue weighted by Crippen LogP contribution is -2.12. The zero-order valence-corrected chi connectivity index (χ0v) is 9.31. The zero-order chi connectivity index (χ0) is 12.1. The lowest BCUT2D eigenvalue weighted by molar-refractivity contribution is -0.137. The van der Waals surface area contributed by atoms with Crippen LogP contribution >= 0.6 is 0 Å². The Hall–Kier alpha value is -1.55. The molecule has 88 valence electrons. The molecule has 16 heavy (non-hydrogen) atoms. The molecular formula is C12H17NO3. The monoisotopic (exact) mass is 223 g/mol. The number of hydrogen-bond acceptors (Lipinski definition) is 3. The van der Waals surface area contributed by atoms with E-state index in [1.54, 1.807) is 6.07 Å². The van der Waals surface area contributed by atoms with Gasteiger partial charge < -0.3 is 15.9 Å². The van der Waals surface area contributed by atoms with Gasteiger partial charge in [-0.25, -0.2) is 0 Å². The molecule has 0 aromatic heterocycles. The summed E-state index contributed by atoms with van der Waals surface area (Å²) in [5.41, 5.74) is 7.55. The van der Waals surface area contributed by atoms with E-state index in [1.807, 2.05) is 19.1 Å². The smallest absolute Gasteiger partial charge is 0.303 e. The molecule has 0 heterocycles. The van der Waals surface area contributed by atoms with Crippen LogP contribution in [0.1, 0.15) is 36.9 Å². The summed E-state index contributed by atoms with van der Waals surface area (Å²) < 4.78 is 0. The fraction of sp³-hybridized carbons (Fsp3) is 0.417. The lowest BCUT2D eigenvalue weighted by atomic mass is 9.99. The summed E-state index contributed by atoms with van der Waals surface area (Å²) in [6.07, 6.45) is 1.20. The third-order valence-electron chi connectivity index (χ3n) is 2.57. The summed E-state index contributed by atoms with van der Waals surface area (Å²) in [7, 11) is 0. The Bertz CT molecular complexity index is 377. The standard InChI is InChI=1S/C12H17NO3/c1-2-8-3-5-11(14)9(7-8)10(13)4-6-12(15)16/h3,5,7,10,14H,2,4,6,13H2,1H3,(H,15,16). The van der Waals surface area contributed by atoms with Crippen LogP contribution in [-0.2, 0) is 11.2 Å². The number of carboxylic acid groups (broad SMARTS) is 1. The summed E-state index contributed by atoms with van der Waals surface area (Å²) >= 11 is 0. The van der Waals surface area contributed by atoms with Gasteiger partial charge in [-0.1, -0.05) is 19.1 Å². The molecule has 4 heteroatoms. The first-order chi connectivity index (χ1) is 7.54. The highest BCUT2D eigenvalue weighted by atomic mass is 16.4. The molecule has 0 spiro atoms. The number of rotatable bonds is 5. The Balaban J connectivity index is 2.80. The number of benzene rings is 1. The molecule has 0 saturated carbocycles. The Morgan fingerprint density at radius 1 is 1.50 bits per heavy atom. The number of carboxylic acids is 1. The van der Waals surface area contributed by atoms with Gasteiger partial charge in [0.25, 0.3) is 0 Å². The van der Waals surface area contributed by atoms with E-state index in [1.165, 1.54) is 0 Å². The minimum atomic E-state index is -0.874. The van der Waals surface area contributed by atoms with Crippen molar-refractivity contribution in [1.82, 2.24) is 0 Å². The van der Waals surface area contributed by atoms with Crippen LogP contribution in [0.25, 0.3) is 0 Å². The number of aromatic hydroxyl groups is 1. The quantitative estimate of drug-likeness (QED) is 0.711. The molecule has 1 aromatic carbocycles. The molecule has 0 bridgehead atoms. The maximum Gasteiger partial charge on any atom is 0.303 e. The number of nitrogens with two attached hydrogens (primary N) is 1. The number of hydrogen-bond donors (Lipinski definition) is 3. The highest BCUT2D eigenvalue weighted by Crippen LogP contribution is 2.26. The van der Waals surface area contributed by atoms with Crippen molar-refractivity contribution >= 4 is 5.97 Å². The molecule has 1 aromatic rings. The van der Waals surface area contributed by atoms with Crippen LogP contribution in [0.4, 0.5) is 0 Å². The molecule has 1 rings (SSSR count). The second-order valence-electron chi connectivity index (χ2n) is 3.79. The highest BCUT2D eigenvalue weighted by Gasteiger charge is 2.12. The van der Waals surface area contributed by atoms with Crippen LogP contribution < -0.4 is 5.73 Å². The van der Waals surface area contributed by atoms with E-state index in [0.29, 0.717) is 12.0 Å². The van der Waals surface area contributed by atoms with Crippen LogP contribution in [-0.4, -0.2) is 16.2 Å². The molecule has 0 fully saturated rings. The maximum absolute atomic E-state index is 10.4. The van der Waals surface area contributed by atoms with Crippen molar-refractivity contribution in [3.05, 3.63) is 29.3 Å². The van der Waals surface area contributed by atoms with E-state index in [9.17, 15) is 9.90 Å². The topological polar surface area (TPSA) is 83.5 Å². The summed E-state index contributed by atoms with van der Waals surface area (Å²) in [6.45, 7) is 2.01. The van der Waals surface area contributed by atoms with Crippen molar-refractivity contribution in [1.29, 1.82) is 0 Å². The molecule has 0 aliphatic rings. The molecule has 0 saturated heterocycles. The number of aryl methyl sites for hydroxylation is 1. The summed E-state index contributed by atoms with van der Waals surface area (Å²) in [4.78, 5) is 10.4. The van der Waals surface area contributed by atoms with Crippen molar-refractivity contribution in [3.8, 4) is 5.75 Å². The van der Waals surface area contributed by atoms with E-state index in [4.69, 9.17) is 10.8 Å². The van der Waals surface area contributed by atoms with Crippen LogP contribution in [0.5, 0.6) is 5.75 Å². The van der Waals surface area contributed by atoms with Crippen molar-refractivity contribution in [2.75, 3.05) is 0 Å². The minimum absolute atomic E-state index is 0.0109. The first-order valence-corrected chi connectivity index (χ1v) is 5.33. The fourth-order valence-electron chi connectivity index (χ4n) is 1.56. The van der Waals surface area contributed by atoms with E-state index in [2.05, 4.69) is 0 Å². The fourth-order valence-corrected chi connectivity index (χ4v) is 1.56. The molecule has 4 nitrogen and oxygen atoms in total. The van der Waals surface area contributed by atoms with Gasteiger partial charge in [-0.05, 0) is 24.5 Å². The van der Waals surface area contributed by atoms with Gasteiger partial charge in [0.15, 0.2) is 0 Å². The van der Waals surface area contributed by atoms with Gasteiger partial charge in [0, 0.05) is 18.0 Å².